The normalized spacial score (nSPS) is 20.1. The smallest absolute Gasteiger partial charge is 0.274 e. The number of hydrogen-bond donors (Lipinski definition) is 1. The van der Waals surface area contributed by atoms with Crippen LogP contribution >= 0.6 is 0 Å². The fraction of sp³-hybridized carbons (Fsp3) is 0.545. The van der Waals surface area contributed by atoms with Crippen LogP contribution in [0.5, 0.6) is 0 Å². The van der Waals surface area contributed by atoms with Gasteiger partial charge < -0.3 is 15.0 Å². The highest BCUT2D eigenvalue weighted by atomic mass is 16.5. The van der Waals surface area contributed by atoms with Crippen LogP contribution in [0, 0.1) is 0 Å². The van der Waals surface area contributed by atoms with Gasteiger partial charge in [0.15, 0.2) is 0 Å². The molecule has 92 valence electrons. The highest BCUT2D eigenvalue weighted by Gasteiger charge is 2.23. The number of aromatic nitrogens is 2. The Morgan fingerprint density at radius 1 is 1.53 bits per heavy atom. The number of ether oxygens (including phenoxy) is 1. The van der Waals surface area contributed by atoms with Crippen LogP contribution in [0.25, 0.3) is 0 Å². The van der Waals surface area contributed by atoms with E-state index in [1.807, 2.05) is 6.92 Å². The lowest BCUT2D eigenvalue weighted by atomic mass is 10.2. The van der Waals surface area contributed by atoms with Crippen LogP contribution < -0.4 is 5.32 Å². The second-order valence-corrected chi connectivity index (χ2v) is 3.97. The maximum atomic E-state index is 12.1. The van der Waals surface area contributed by atoms with Crippen LogP contribution in [0.2, 0.25) is 0 Å². The molecule has 1 N–H and O–H groups in total. The molecule has 0 aliphatic carbocycles. The van der Waals surface area contributed by atoms with Crippen molar-refractivity contribution in [1.29, 1.82) is 0 Å². The minimum Gasteiger partial charge on any atom is -0.375 e. The molecular formula is C11H16N4O2. The van der Waals surface area contributed by atoms with Gasteiger partial charge in [-0.15, -0.1) is 0 Å². The third-order valence-electron chi connectivity index (χ3n) is 2.66. The molecule has 1 atom stereocenters. The van der Waals surface area contributed by atoms with E-state index in [1.54, 1.807) is 18.1 Å². The Morgan fingerprint density at radius 2 is 2.35 bits per heavy atom. The number of carbonyl (C=O) groups is 1. The summed E-state index contributed by atoms with van der Waals surface area (Å²) in [6.07, 6.45) is 3.13. The molecule has 0 radical (unpaired) electrons. The van der Waals surface area contributed by atoms with Crippen molar-refractivity contribution in [1.82, 2.24) is 14.9 Å². The molecule has 17 heavy (non-hydrogen) atoms. The Labute approximate surface area is 100 Å². The summed E-state index contributed by atoms with van der Waals surface area (Å²) in [6, 6.07) is 0. The molecule has 6 nitrogen and oxygen atoms in total. The second kappa shape index (κ2) is 5.09. The van der Waals surface area contributed by atoms with Gasteiger partial charge in [-0.3, -0.25) is 4.79 Å². The summed E-state index contributed by atoms with van der Waals surface area (Å²) in [5.74, 6) is 0.562. The first-order valence-electron chi connectivity index (χ1n) is 5.61. The third kappa shape index (κ3) is 2.71. The molecule has 1 aromatic heterocycles. The zero-order chi connectivity index (χ0) is 12.3. The van der Waals surface area contributed by atoms with Gasteiger partial charge in [-0.25, -0.2) is 9.97 Å². The molecule has 6 heteroatoms. The number of nitrogens with one attached hydrogen (secondary N) is 1. The van der Waals surface area contributed by atoms with E-state index in [0.29, 0.717) is 31.2 Å². The number of anilines is 1. The van der Waals surface area contributed by atoms with Crippen LogP contribution in [0.15, 0.2) is 12.4 Å². The molecule has 1 fully saturated rings. The molecule has 1 saturated heterocycles. The van der Waals surface area contributed by atoms with Crippen LogP contribution in [0.1, 0.15) is 17.4 Å². The minimum atomic E-state index is -0.0877. The summed E-state index contributed by atoms with van der Waals surface area (Å²) in [5.41, 5.74) is 0.373. The Kier molecular flexibility index (Phi) is 3.53. The van der Waals surface area contributed by atoms with Crippen molar-refractivity contribution in [3.05, 3.63) is 18.1 Å². The molecule has 1 unspecified atom stereocenters. The van der Waals surface area contributed by atoms with Crippen molar-refractivity contribution in [3.63, 3.8) is 0 Å². The largest absolute Gasteiger partial charge is 0.375 e. The van der Waals surface area contributed by atoms with Crippen molar-refractivity contribution >= 4 is 11.7 Å². The lowest BCUT2D eigenvalue weighted by Crippen LogP contribution is -2.44. The summed E-state index contributed by atoms with van der Waals surface area (Å²) >= 11 is 0. The maximum Gasteiger partial charge on any atom is 0.274 e. The van der Waals surface area contributed by atoms with E-state index < -0.39 is 0 Å². The van der Waals surface area contributed by atoms with E-state index in [9.17, 15) is 4.79 Å². The zero-order valence-electron chi connectivity index (χ0n) is 10.0. The van der Waals surface area contributed by atoms with E-state index in [-0.39, 0.29) is 12.0 Å². The van der Waals surface area contributed by atoms with Gasteiger partial charge in [-0.05, 0) is 6.92 Å². The zero-order valence-corrected chi connectivity index (χ0v) is 10.0. The van der Waals surface area contributed by atoms with Crippen molar-refractivity contribution < 1.29 is 9.53 Å². The van der Waals surface area contributed by atoms with Gasteiger partial charge in [-0.1, -0.05) is 0 Å². The van der Waals surface area contributed by atoms with E-state index in [1.165, 1.54) is 6.20 Å². The van der Waals surface area contributed by atoms with Gasteiger partial charge in [0.05, 0.1) is 25.1 Å². The first-order valence-corrected chi connectivity index (χ1v) is 5.61. The Balaban J connectivity index is 2.07. The average Bonchev–Trinajstić information content (AvgIpc) is 2.38. The lowest BCUT2D eigenvalue weighted by Gasteiger charge is -2.30. The minimum absolute atomic E-state index is 0.0808. The summed E-state index contributed by atoms with van der Waals surface area (Å²) in [7, 11) is 1.76. The van der Waals surface area contributed by atoms with Crippen molar-refractivity contribution in [2.75, 3.05) is 32.1 Å². The van der Waals surface area contributed by atoms with Gasteiger partial charge in [-0.2, -0.15) is 0 Å². The molecule has 0 aromatic carbocycles. The fourth-order valence-electron chi connectivity index (χ4n) is 1.73. The predicted octanol–water partition coefficient (Wildman–Crippen LogP) is 0.379. The second-order valence-electron chi connectivity index (χ2n) is 3.97. The number of carbonyl (C=O) groups excluding carboxylic acids is 1. The molecule has 1 aliphatic heterocycles. The standard InChI is InChI=1S/C11H16N4O2/c1-8-7-15(3-4-17-8)11(16)9-5-14-10(12-2)6-13-9/h5-6,8H,3-4,7H2,1-2H3,(H,12,14). The van der Waals surface area contributed by atoms with E-state index in [4.69, 9.17) is 4.74 Å². The van der Waals surface area contributed by atoms with Crippen LogP contribution in [0.3, 0.4) is 0 Å². The van der Waals surface area contributed by atoms with E-state index >= 15 is 0 Å². The van der Waals surface area contributed by atoms with E-state index in [0.717, 1.165) is 0 Å². The lowest BCUT2D eigenvalue weighted by molar-refractivity contribution is -0.0126. The molecule has 1 aromatic rings. The van der Waals surface area contributed by atoms with Crippen LogP contribution in [-0.4, -0.2) is 53.6 Å². The van der Waals surface area contributed by atoms with Gasteiger partial charge in [0.2, 0.25) is 0 Å². The molecule has 0 saturated carbocycles. The third-order valence-corrected chi connectivity index (χ3v) is 2.66. The Bertz CT molecular complexity index is 393. The Hall–Kier alpha value is -1.69. The summed E-state index contributed by atoms with van der Waals surface area (Å²) < 4.78 is 5.39. The predicted molar refractivity (Wildman–Crippen MR) is 62.9 cm³/mol. The van der Waals surface area contributed by atoms with Gasteiger partial charge in [0.1, 0.15) is 11.5 Å². The first-order chi connectivity index (χ1) is 8.20. The fourth-order valence-corrected chi connectivity index (χ4v) is 1.73. The molecule has 1 amide bonds. The maximum absolute atomic E-state index is 12.1. The molecule has 0 bridgehead atoms. The van der Waals surface area contributed by atoms with E-state index in [2.05, 4.69) is 15.3 Å². The van der Waals surface area contributed by atoms with Gasteiger partial charge >= 0.3 is 0 Å². The van der Waals surface area contributed by atoms with Crippen molar-refractivity contribution in [2.24, 2.45) is 0 Å². The highest BCUT2D eigenvalue weighted by Crippen LogP contribution is 2.09. The molecular weight excluding hydrogens is 220 g/mol. The number of morpholine rings is 1. The number of amides is 1. The van der Waals surface area contributed by atoms with Gasteiger partial charge in [0, 0.05) is 20.1 Å². The van der Waals surface area contributed by atoms with Crippen LogP contribution in [0.4, 0.5) is 5.82 Å². The molecule has 2 rings (SSSR count). The Morgan fingerprint density at radius 3 is 2.94 bits per heavy atom. The first kappa shape index (κ1) is 11.8. The number of nitrogens with zero attached hydrogens (tertiary/aromatic N) is 3. The quantitative estimate of drug-likeness (QED) is 0.804. The monoisotopic (exact) mass is 236 g/mol. The van der Waals surface area contributed by atoms with Crippen LogP contribution in [-0.2, 0) is 4.74 Å². The molecule has 1 aliphatic rings. The van der Waals surface area contributed by atoms with Crippen molar-refractivity contribution in [2.45, 2.75) is 13.0 Å². The SMILES string of the molecule is CNc1cnc(C(=O)N2CCOC(C)C2)cn1. The van der Waals surface area contributed by atoms with Gasteiger partial charge in [0.25, 0.3) is 5.91 Å². The number of hydrogen-bond acceptors (Lipinski definition) is 5. The highest BCUT2D eigenvalue weighted by molar-refractivity contribution is 5.92. The van der Waals surface area contributed by atoms with Crippen molar-refractivity contribution in [3.8, 4) is 0 Å². The topological polar surface area (TPSA) is 67.4 Å². The average molecular weight is 236 g/mol. The summed E-state index contributed by atoms with van der Waals surface area (Å²) in [4.78, 5) is 22.0. The summed E-state index contributed by atoms with van der Waals surface area (Å²) in [5, 5.41) is 2.86. The summed E-state index contributed by atoms with van der Waals surface area (Å²) in [6.45, 7) is 3.75. The molecule has 0 spiro atoms. The molecule has 2 heterocycles. The number of rotatable bonds is 2.